The van der Waals surface area contributed by atoms with E-state index >= 15 is 0 Å². The lowest BCUT2D eigenvalue weighted by Gasteiger charge is -2.06. The van der Waals surface area contributed by atoms with Crippen LogP contribution in [0.2, 0.25) is 0 Å². The molecule has 0 aromatic heterocycles. The summed E-state index contributed by atoms with van der Waals surface area (Å²) >= 11 is 6.55. The number of hydrogen-bond donors (Lipinski definition) is 0. The van der Waals surface area contributed by atoms with E-state index in [9.17, 15) is 19.2 Å². The average Bonchev–Trinajstić information content (AvgIpc) is 2.71. The largest absolute Gasteiger partial charge is 0.457 e. The molecule has 0 radical (unpaired) electrons. The number of esters is 2. The topological polar surface area (TPSA) is 86.7 Å². The first-order valence-corrected chi connectivity index (χ1v) is 10.3. The summed E-state index contributed by atoms with van der Waals surface area (Å²) in [5.74, 6) is -1.77. The number of carbonyl (C=O) groups is 4. The molecule has 0 heterocycles. The first kappa shape index (κ1) is 23.0. The molecular formula is C21H18Br2O6. The van der Waals surface area contributed by atoms with Crippen molar-refractivity contribution in [3.05, 3.63) is 68.6 Å². The van der Waals surface area contributed by atoms with E-state index in [4.69, 9.17) is 9.47 Å². The molecule has 0 aliphatic carbocycles. The van der Waals surface area contributed by atoms with Crippen molar-refractivity contribution in [2.45, 2.75) is 19.3 Å². The van der Waals surface area contributed by atoms with Crippen LogP contribution in [-0.4, -0.2) is 36.7 Å². The lowest BCUT2D eigenvalue weighted by Crippen LogP contribution is -2.16. The van der Waals surface area contributed by atoms with Crippen LogP contribution < -0.4 is 0 Å². The summed E-state index contributed by atoms with van der Waals surface area (Å²) in [7, 11) is 0. The standard InChI is InChI=1S/C21H18Br2O6/c22-16-8-4-14(5-9-16)18(24)12-28-20(26)2-1-3-21(27)29-13-19(25)15-6-10-17(23)11-7-15/h4-11H,1-3,12-13H2. The van der Waals surface area contributed by atoms with Gasteiger partial charge in [-0.3, -0.25) is 19.2 Å². The number of ether oxygens (including phenoxy) is 2. The summed E-state index contributed by atoms with van der Waals surface area (Å²) in [6.45, 7) is -0.709. The zero-order valence-electron chi connectivity index (χ0n) is 15.4. The molecule has 8 heteroatoms. The van der Waals surface area contributed by atoms with Crippen LogP contribution >= 0.6 is 31.9 Å². The molecule has 0 spiro atoms. The van der Waals surface area contributed by atoms with E-state index in [1.165, 1.54) is 0 Å². The molecule has 0 saturated carbocycles. The lowest BCUT2D eigenvalue weighted by atomic mass is 10.1. The third kappa shape index (κ3) is 8.29. The molecule has 2 aromatic carbocycles. The highest BCUT2D eigenvalue weighted by molar-refractivity contribution is 9.10. The molecule has 0 bridgehead atoms. The Morgan fingerprint density at radius 1 is 0.621 bits per heavy atom. The zero-order chi connectivity index (χ0) is 21.2. The second-order valence-corrected chi connectivity index (χ2v) is 7.87. The summed E-state index contributed by atoms with van der Waals surface area (Å²) in [4.78, 5) is 47.3. The first-order valence-electron chi connectivity index (χ1n) is 8.74. The van der Waals surface area contributed by atoms with Gasteiger partial charge < -0.3 is 9.47 Å². The highest BCUT2D eigenvalue weighted by Gasteiger charge is 2.13. The normalized spacial score (nSPS) is 10.3. The summed E-state index contributed by atoms with van der Waals surface area (Å²) in [5, 5.41) is 0. The van der Waals surface area contributed by atoms with Crippen LogP contribution in [0.1, 0.15) is 40.0 Å². The van der Waals surface area contributed by atoms with Gasteiger partial charge in [-0.15, -0.1) is 0 Å². The molecular weight excluding hydrogens is 508 g/mol. The van der Waals surface area contributed by atoms with Gasteiger partial charge in [0, 0.05) is 32.9 Å². The fourth-order valence-electron chi connectivity index (χ4n) is 2.25. The van der Waals surface area contributed by atoms with E-state index in [2.05, 4.69) is 31.9 Å². The molecule has 0 atom stereocenters. The second-order valence-electron chi connectivity index (χ2n) is 6.04. The maximum absolute atomic E-state index is 11.9. The number of halogens is 2. The van der Waals surface area contributed by atoms with Crippen molar-refractivity contribution >= 4 is 55.4 Å². The van der Waals surface area contributed by atoms with Crippen LogP contribution in [0.3, 0.4) is 0 Å². The van der Waals surface area contributed by atoms with Crippen LogP contribution in [0, 0.1) is 0 Å². The fourth-order valence-corrected chi connectivity index (χ4v) is 2.78. The Morgan fingerprint density at radius 3 is 1.31 bits per heavy atom. The highest BCUT2D eigenvalue weighted by Crippen LogP contribution is 2.12. The number of rotatable bonds is 10. The van der Waals surface area contributed by atoms with Gasteiger partial charge >= 0.3 is 11.9 Å². The van der Waals surface area contributed by atoms with E-state index in [0.717, 1.165) is 8.95 Å². The van der Waals surface area contributed by atoms with Gasteiger partial charge in [0.25, 0.3) is 0 Å². The van der Waals surface area contributed by atoms with Gasteiger partial charge in [-0.2, -0.15) is 0 Å². The first-order chi connectivity index (χ1) is 13.8. The molecule has 0 unspecified atom stereocenters. The zero-order valence-corrected chi connectivity index (χ0v) is 18.5. The SMILES string of the molecule is O=C(CCCC(=O)OCC(=O)c1ccc(Br)cc1)OCC(=O)c1ccc(Br)cc1. The van der Waals surface area contributed by atoms with Crippen molar-refractivity contribution < 1.29 is 28.7 Å². The minimum Gasteiger partial charge on any atom is -0.457 e. The van der Waals surface area contributed by atoms with Gasteiger partial charge in [0.15, 0.2) is 24.8 Å². The number of Topliss-reactive ketones (excluding diaryl/α,β-unsaturated/α-hetero) is 2. The molecule has 0 aliphatic rings. The maximum atomic E-state index is 11.9. The van der Waals surface area contributed by atoms with Crippen molar-refractivity contribution in [2.24, 2.45) is 0 Å². The molecule has 29 heavy (non-hydrogen) atoms. The van der Waals surface area contributed by atoms with Gasteiger partial charge in [-0.25, -0.2) is 0 Å². The third-order valence-corrected chi connectivity index (χ3v) is 4.88. The Morgan fingerprint density at radius 2 is 0.966 bits per heavy atom. The molecule has 0 saturated heterocycles. The minimum atomic E-state index is -0.575. The number of carbonyl (C=O) groups excluding carboxylic acids is 4. The predicted molar refractivity (Wildman–Crippen MR) is 113 cm³/mol. The van der Waals surface area contributed by atoms with E-state index < -0.39 is 11.9 Å². The smallest absolute Gasteiger partial charge is 0.306 e. The average molecular weight is 526 g/mol. The van der Waals surface area contributed by atoms with Gasteiger partial charge in [-0.1, -0.05) is 56.1 Å². The highest BCUT2D eigenvalue weighted by atomic mass is 79.9. The van der Waals surface area contributed by atoms with Gasteiger partial charge in [0.2, 0.25) is 0 Å². The molecule has 0 aliphatic heterocycles. The van der Waals surface area contributed by atoms with E-state index in [1.807, 2.05) is 0 Å². The van der Waals surface area contributed by atoms with Crippen molar-refractivity contribution in [3.8, 4) is 0 Å². The summed E-state index contributed by atoms with van der Waals surface area (Å²) in [6, 6.07) is 13.4. The molecule has 0 fully saturated rings. The van der Waals surface area contributed by atoms with Crippen LogP contribution in [0.5, 0.6) is 0 Å². The number of hydrogen-bond acceptors (Lipinski definition) is 6. The van der Waals surface area contributed by atoms with Crippen molar-refractivity contribution in [2.75, 3.05) is 13.2 Å². The molecule has 6 nitrogen and oxygen atoms in total. The van der Waals surface area contributed by atoms with Gasteiger partial charge in [-0.05, 0) is 30.7 Å². The Labute approximate surface area is 184 Å². The Bertz CT molecular complexity index is 802. The molecule has 0 amide bonds. The van der Waals surface area contributed by atoms with Crippen LogP contribution in [0.15, 0.2) is 57.5 Å². The summed E-state index contributed by atoms with van der Waals surface area (Å²) in [5.41, 5.74) is 0.889. The monoisotopic (exact) mass is 524 g/mol. The Kier molecular flexibility index (Phi) is 9.21. The molecule has 0 N–H and O–H groups in total. The van der Waals surface area contributed by atoms with Crippen LogP contribution in [-0.2, 0) is 19.1 Å². The van der Waals surface area contributed by atoms with Gasteiger partial charge in [0.05, 0.1) is 0 Å². The minimum absolute atomic E-state index is 0.0244. The maximum Gasteiger partial charge on any atom is 0.306 e. The third-order valence-electron chi connectivity index (χ3n) is 3.82. The quantitative estimate of drug-likeness (QED) is 0.334. The number of ketones is 2. The molecule has 2 aromatic rings. The number of benzene rings is 2. The summed E-state index contributed by atoms with van der Waals surface area (Å²) in [6.07, 6.45) is 0.156. The van der Waals surface area contributed by atoms with Crippen LogP contribution in [0.25, 0.3) is 0 Å². The Hall–Kier alpha value is -2.32. The predicted octanol–water partition coefficient (Wildman–Crippen LogP) is 4.53. The fraction of sp³-hybridized carbons (Fsp3) is 0.238. The van der Waals surface area contributed by atoms with Crippen molar-refractivity contribution in [1.29, 1.82) is 0 Å². The summed E-state index contributed by atoms with van der Waals surface area (Å²) < 4.78 is 11.5. The lowest BCUT2D eigenvalue weighted by molar-refractivity contribution is -0.144. The van der Waals surface area contributed by atoms with Crippen LogP contribution in [0.4, 0.5) is 0 Å². The van der Waals surface area contributed by atoms with Crippen molar-refractivity contribution in [1.82, 2.24) is 0 Å². The van der Waals surface area contributed by atoms with Gasteiger partial charge in [0.1, 0.15) is 0 Å². The second kappa shape index (κ2) is 11.6. The Balaban J connectivity index is 1.62. The molecule has 152 valence electrons. The van der Waals surface area contributed by atoms with E-state index in [-0.39, 0.29) is 44.0 Å². The van der Waals surface area contributed by atoms with E-state index in [0.29, 0.717) is 11.1 Å². The van der Waals surface area contributed by atoms with E-state index in [1.54, 1.807) is 48.5 Å². The molecule has 2 rings (SSSR count). The van der Waals surface area contributed by atoms with Crippen molar-refractivity contribution in [3.63, 3.8) is 0 Å².